The Balaban J connectivity index is 2.20. The number of H-pyrrole nitrogens is 1. The van der Waals surface area contributed by atoms with Crippen molar-refractivity contribution in [2.24, 2.45) is 5.73 Å². The first kappa shape index (κ1) is 13.0. The fourth-order valence-corrected chi connectivity index (χ4v) is 1.74. The molecule has 0 aliphatic rings. The molecule has 1 atom stereocenters. The molecule has 90 valence electrons. The monoisotopic (exact) mass is 221 g/mol. The lowest BCUT2D eigenvalue weighted by atomic mass is 9.99. The normalized spacial score (nSPS) is 12.6. The molecule has 0 radical (unpaired) electrons. The van der Waals surface area contributed by atoms with E-state index in [-0.39, 0.29) is 6.04 Å². The second-order valence-electron chi connectivity index (χ2n) is 4.36. The van der Waals surface area contributed by atoms with Crippen molar-refractivity contribution in [3.63, 3.8) is 0 Å². The summed E-state index contributed by atoms with van der Waals surface area (Å²) in [6, 6.07) is 0.0575. The van der Waals surface area contributed by atoms with Crippen LogP contribution in [0.1, 0.15) is 44.7 Å². The van der Waals surface area contributed by atoms with Gasteiger partial charge in [-0.15, -0.1) is 0 Å². The van der Waals surface area contributed by atoms with Gasteiger partial charge < -0.3 is 10.7 Å². The highest BCUT2D eigenvalue weighted by atomic mass is 14.9. The quantitative estimate of drug-likeness (QED) is 0.524. The summed E-state index contributed by atoms with van der Waals surface area (Å²) >= 11 is 0. The summed E-state index contributed by atoms with van der Waals surface area (Å²) < 4.78 is 0. The topological polar surface area (TPSA) is 54.7 Å². The van der Waals surface area contributed by atoms with E-state index in [0.717, 1.165) is 24.1 Å². The van der Waals surface area contributed by atoms with E-state index in [2.05, 4.69) is 23.5 Å². The standard InChI is InChI=1S/C13H23N3/c1-3-4-5-6-7-11(2)13(14)8-12-9-15-10-16-12/h9-10,13H,2-8,14H2,1H3,(H,15,16). The van der Waals surface area contributed by atoms with Crippen molar-refractivity contribution in [2.75, 3.05) is 0 Å². The van der Waals surface area contributed by atoms with E-state index in [0.29, 0.717) is 0 Å². The smallest absolute Gasteiger partial charge is 0.0921 e. The molecule has 1 aromatic rings. The van der Waals surface area contributed by atoms with Gasteiger partial charge in [0.25, 0.3) is 0 Å². The maximum atomic E-state index is 6.08. The summed E-state index contributed by atoms with van der Waals surface area (Å²) in [7, 11) is 0. The zero-order chi connectivity index (χ0) is 11.8. The van der Waals surface area contributed by atoms with E-state index >= 15 is 0 Å². The summed E-state index contributed by atoms with van der Waals surface area (Å²) in [5.74, 6) is 0. The third kappa shape index (κ3) is 4.62. The van der Waals surface area contributed by atoms with Crippen LogP contribution >= 0.6 is 0 Å². The molecule has 0 aromatic carbocycles. The van der Waals surface area contributed by atoms with Crippen LogP contribution in [0, 0.1) is 0 Å². The van der Waals surface area contributed by atoms with Crippen LogP contribution in [0.2, 0.25) is 0 Å². The Hall–Kier alpha value is -1.09. The van der Waals surface area contributed by atoms with Gasteiger partial charge in [-0.1, -0.05) is 38.3 Å². The number of nitrogens with two attached hydrogens (primary N) is 1. The summed E-state index contributed by atoms with van der Waals surface area (Å²) in [6.45, 7) is 6.29. The van der Waals surface area contributed by atoms with Crippen molar-refractivity contribution < 1.29 is 0 Å². The highest BCUT2D eigenvalue weighted by molar-refractivity contribution is 5.10. The van der Waals surface area contributed by atoms with Crippen LogP contribution in [0.25, 0.3) is 0 Å². The Morgan fingerprint density at radius 2 is 2.31 bits per heavy atom. The number of rotatable bonds is 8. The molecule has 0 saturated heterocycles. The molecule has 3 N–H and O–H groups in total. The second-order valence-corrected chi connectivity index (χ2v) is 4.36. The highest BCUT2D eigenvalue weighted by Crippen LogP contribution is 2.13. The number of hydrogen-bond donors (Lipinski definition) is 2. The van der Waals surface area contributed by atoms with E-state index in [1.165, 1.54) is 25.7 Å². The molecule has 0 aliphatic heterocycles. The SMILES string of the molecule is C=C(CCCCCC)C(N)Cc1cnc[nH]1. The number of aromatic nitrogens is 2. The molecule has 16 heavy (non-hydrogen) atoms. The number of imidazole rings is 1. The Bertz CT molecular complexity index is 290. The molecule has 0 spiro atoms. The van der Waals surface area contributed by atoms with Gasteiger partial charge in [-0.3, -0.25) is 0 Å². The third-order valence-electron chi connectivity index (χ3n) is 2.87. The minimum Gasteiger partial charge on any atom is -0.348 e. The maximum Gasteiger partial charge on any atom is 0.0921 e. The van der Waals surface area contributed by atoms with Gasteiger partial charge in [-0.25, -0.2) is 4.98 Å². The molecule has 0 aliphatic carbocycles. The van der Waals surface area contributed by atoms with Crippen LogP contribution in [0.5, 0.6) is 0 Å². The number of aromatic amines is 1. The summed E-state index contributed by atoms with van der Waals surface area (Å²) in [5, 5.41) is 0. The van der Waals surface area contributed by atoms with Crippen molar-refractivity contribution >= 4 is 0 Å². The zero-order valence-corrected chi connectivity index (χ0v) is 10.2. The van der Waals surface area contributed by atoms with Gasteiger partial charge in [0.1, 0.15) is 0 Å². The first-order chi connectivity index (χ1) is 7.74. The number of unbranched alkanes of at least 4 members (excludes halogenated alkanes) is 3. The minimum absolute atomic E-state index is 0.0575. The van der Waals surface area contributed by atoms with Crippen molar-refractivity contribution in [1.29, 1.82) is 0 Å². The number of hydrogen-bond acceptors (Lipinski definition) is 2. The number of nitrogens with zero attached hydrogens (tertiary/aromatic N) is 1. The largest absolute Gasteiger partial charge is 0.348 e. The Morgan fingerprint density at radius 3 is 2.94 bits per heavy atom. The molecule has 1 rings (SSSR count). The van der Waals surface area contributed by atoms with Crippen LogP contribution in [0.4, 0.5) is 0 Å². The van der Waals surface area contributed by atoms with E-state index in [4.69, 9.17) is 5.73 Å². The fraction of sp³-hybridized carbons (Fsp3) is 0.615. The van der Waals surface area contributed by atoms with Crippen molar-refractivity contribution in [3.8, 4) is 0 Å². The van der Waals surface area contributed by atoms with Crippen LogP contribution in [0.3, 0.4) is 0 Å². The number of nitrogens with one attached hydrogen (secondary N) is 1. The Kier molecular flexibility index (Phi) is 5.86. The summed E-state index contributed by atoms with van der Waals surface area (Å²) in [5.41, 5.74) is 8.32. The molecule has 1 aromatic heterocycles. The molecule has 1 unspecified atom stereocenters. The van der Waals surface area contributed by atoms with Crippen LogP contribution in [0.15, 0.2) is 24.7 Å². The van der Waals surface area contributed by atoms with Gasteiger partial charge >= 0.3 is 0 Å². The average Bonchev–Trinajstić information content (AvgIpc) is 2.76. The molecule has 0 saturated carbocycles. The Labute approximate surface area is 98.2 Å². The second kappa shape index (κ2) is 7.23. The predicted molar refractivity (Wildman–Crippen MR) is 68.2 cm³/mol. The van der Waals surface area contributed by atoms with Gasteiger partial charge in [0.2, 0.25) is 0 Å². The fourth-order valence-electron chi connectivity index (χ4n) is 1.74. The van der Waals surface area contributed by atoms with Gasteiger partial charge in [0.05, 0.1) is 6.33 Å². The molecular formula is C13H23N3. The first-order valence-corrected chi connectivity index (χ1v) is 6.14. The van der Waals surface area contributed by atoms with Gasteiger partial charge in [0.15, 0.2) is 0 Å². The summed E-state index contributed by atoms with van der Waals surface area (Å²) in [4.78, 5) is 7.05. The molecule has 0 fully saturated rings. The minimum atomic E-state index is 0.0575. The van der Waals surface area contributed by atoms with Crippen molar-refractivity contribution in [1.82, 2.24) is 9.97 Å². The molecular weight excluding hydrogens is 198 g/mol. The van der Waals surface area contributed by atoms with Crippen molar-refractivity contribution in [2.45, 2.75) is 51.5 Å². The molecule has 0 bridgehead atoms. The lowest BCUT2D eigenvalue weighted by Crippen LogP contribution is -2.25. The van der Waals surface area contributed by atoms with Gasteiger partial charge in [-0.2, -0.15) is 0 Å². The van der Waals surface area contributed by atoms with Crippen LogP contribution in [-0.2, 0) is 6.42 Å². The highest BCUT2D eigenvalue weighted by Gasteiger charge is 2.08. The van der Waals surface area contributed by atoms with E-state index in [1.54, 1.807) is 6.33 Å². The van der Waals surface area contributed by atoms with E-state index in [9.17, 15) is 0 Å². The Morgan fingerprint density at radius 1 is 1.50 bits per heavy atom. The van der Waals surface area contributed by atoms with Crippen LogP contribution < -0.4 is 5.73 Å². The molecule has 0 amide bonds. The van der Waals surface area contributed by atoms with Crippen molar-refractivity contribution in [3.05, 3.63) is 30.4 Å². The summed E-state index contributed by atoms with van der Waals surface area (Å²) in [6.07, 6.45) is 10.4. The first-order valence-electron chi connectivity index (χ1n) is 6.14. The van der Waals surface area contributed by atoms with Gasteiger partial charge in [0, 0.05) is 24.4 Å². The molecule has 3 nitrogen and oxygen atoms in total. The predicted octanol–water partition coefficient (Wildman–Crippen LogP) is 2.81. The van der Waals surface area contributed by atoms with E-state index in [1.807, 2.05) is 6.20 Å². The zero-order valence-electron chi connectivity index (χ0n) is 10.2. The average molecular weight is 221 g/mol. The maximum absolute atomic E-state index is 6.08. The molecule has 1 heterocycles. The third-order valence-corrected chi connectivity index (χ3v) is 2.87. The van der Waals surface area contributed by atoms with Crippen LogP contribution in [-0.4, -0.2) is 16.0 Å². The lowest BCUT2D eigenvalue weighted by Gasteiger charge is -2.13. The van der Waals surface area contributed by atoms with E-state index < -0.39 is 0 Å². The van der Waals surface area contributed by atoms with Gasteiger partial charge in [-0.05, 0) is 12.8 Å². The lowest BCUT2D eigenvalue weighted by molar-refractivity contribution is 0.631. The molecule has 3 heteroatoms.